The second-order valence-electron chi connectivity index (χ2n) is 15.9. The number of nitrogens with zero attached hydrogens (tertiary/aromatic N) is 1. The van der Waals surface area contributed by atoms with Gasteiger partial charge in [-0.25, -0.2) is 0 Å². The fourth-order valence-electron chi connectivity index (χ4n) is 5.32. The van der Waals surface area contributed by atoms with Gasteiger partial charge in [0.2, 0.25) is 0 Å². The Bertz CT molecular complexity index is 634. The maximum absolute atomic E-state index is 6.10. The highest BCUT2D eigenvalue weighted by Gasteiger charge is 2.32. The third-order valence-corrected chi connectivity index (χ3v) is 7.53. The SMILES string of the molecule is CC(C)(C)NCC1CCC(CC(C)(C)NCCCCCCOC(C)(C)C)N(CCOCCCCOC(C)(C)C)C1. The second kappa shape index (κ2) is 18.4. The van der Waals surface area contributed by atoms with Crippen molar-refractivity contribution < 1.29 is 14.2 Å². The summed E-state index contributed by atoms with van der Waals surface area (Å²) in [5.74, 6) is 0.711. The Hall–Kier alpha value is -0.240. The van der Waals surface area contributed by atoms with Crippen molar-refractivity contribution in [3.8, 4) is 0 Å². The van der Waals surface area contributed by atoms with Crippen LogP contribution in [0.4, 0.5) is 0 Å². The number of nitrogens with one attached hydrogen (secondary N) is 2. The fraction of sp³-hybridized carbons (Fsp3) is 1.00. The van der Waals surface area contributed by atoms with Crippen LogP contribution in [0.2, 0.25) is 0 Å². The van der Waals surface area contributed by atoms with Gasteiger partial charge >= 0.3 is 0 Å². The van der Waals surface area contributed by atoms with E-state index < -0.39 is 0 Å². The van der Waals surface area contributed by atoms with E-state index in [2.05, 4.69) is 91.7 Å². The molecule has 2 N–H and O–H groups in total. The molecule has 1 heterocycles. The van der Waals surface area contributed by atoms with Crippen molar-refractivity contribution in [3.05, 3.63) is 0 Å². The molecular weight excluding hydrogens is 498 g/mol. The first kappa shape index (κ1) is 37.8. The van der Waals surface area contributed by atoms with Crippen molar-refractivity contribution in [2.45, 2.75) is 162 Å². The predicted molar refractivity (Wildman–Crippen MR) is 172 cm³/mol. The van der Waals surface area contributed by atoms with E-state index >= 15 is 0 Å². The largest absolute Gasteiger partial charge is 0.380 e. The molecule has 240 valence electrons. The lowest BCUT2D eigenvalue weighted by atomic mass is 9.85. The van der Waals surface area contributed by atoms with Crippen LogP contribution in [0.3, 0.4) is 0 Å². The molecule has 1 aliphatic heterocycles. The second-order valence-corrected chi connectivity index (χ2v) is 15.9. The predicted octanol–water partition coefficient (Wildman–Crippen LogP) is 7.20. The van der Waals surface area contributed by atoms with Crippen LogP contribution in [0.25, 0.3) is 0 Å². The molecule has 0 bridgehead atoms. The lowest BCUT2D eigenvalue weighted by Gasteiger charge is -2.43. The number of likely N-dealkylation sites (tertiary alicyclic amines) is 1. The summed E-state index contributed by atoms with van der Waals surface area (Å²) in [4.78, 5) is 2.74. The van der Waals surface area contributed by atoms with Crippen LogP contribution < -0.4 is 10.6 Å². The summed E-state index contributed by atoms with van der Waals surface area (Å²) in [7, 11) is 0. The summed E-state index contributed by atoms with van der Waals surface area (Å²) >= 11 is 0. The van der Waals surface area contributed by atoms with Gasteiger partial charge in [-0.3, -0.25) is 4.90 Å². The molecule has 0 saturated carbocycles. The molecule has 0 aliphatic carbocycles. The van der Waals surface area contributed by atoms with Crippen molar-refractivity contribution in [1.29, 1.82) is 0 Å². The van der Waals surface area contributed by atoms with Crippen LogP contribution in [0.1, 0.15) is 134 Å². The molecule has 1 rings (SSSR count). The Morgan fingerprint density at radius 3 is 1.82 bits per heavy atom. The molecular formula is C34H71N3O3. The minimum atomic E-state index is -0.0491. The van der Waals surface area contributed by atoms with Gasteiger partial charge in [-0.2, -0.15) is 0 Å². The summed E-state index contributed by atoms with van der Waals surface area (Å²) in [5.41, 5.74) is 0.247. The Morgan fingerprint density at radius 1 is 0.650 bits per heavy atom. The van der Waals surface area contributed by atoms with Gasteiger partial charge in [0, 0.05) is 50.0 Å². The normalized spacial score (nSPS) is 19.9. The van der Waals surface area contributed by atoms with Gasteiger partial charge in [-0.05, 0) is 140 Å². The Labute approximate surface area is 250 Å². The molecule has 0 aromatic heterocycles. The first-order valence-corrected chi connectivity index (χ1v) is 16.6. The zero-order valence-corrected chi connectivity index (χ0v) is 28.8. The number of unbranched alkanes of at least 4 members (excludes halogenated alkanes) is 4. The van der Waals surface area contributed by atoms with Crippen LogP contribution in [0.5, 0.6) is 0 Å². The minimum Gasteiger partial charge on any atom is -0.380 e. The third-order valence-electron chi connectivity index (χ3n) is 7.53. The van der Waals surface area contributed by atoms with E-state index in [0.29, 0.717) is 12.0 Å². The van der Waals surface area contributed by atoms with Crippen molar-refractivity contribution in [2.24, 2.45) is 5.92 Å². The standard InChI is InChI=1S/C34H71N3O3/c1-31(2,3)36-27-29-18-19-30(37(28-29)21-25-38-22-16-17-24-40-33(7,8)9)26-34(10,11)35-20-14-12-13-15-23-39-32(4,5)6/h29-30,35-36H,12-28H2,1-11H3. The molecule has 0 aromatic rings. The van der Waals surface area contributed by atoms with Crippen molar-refractivity contribution in [1.82, 2.24) is 15.5 Å². The van der Waals surface area contributed by atoms with E-state index in [4.69, 9.17) is 14.2 Å². The number of hydrogen-bond acceptors (Lipinski definition) is 6. The lowest BCUT2D eigenvalue weighted by molar-refractivity contribution is -0.00846. The van der Waals surface area contributed by atoms with Crippen LogP contribution in [-0.4, -0.2) is 85.8 Å². The van der Waals surface area contributed by atoms with Gasteiger partial charge in [0.1, 0.15) is 0 Å². The summed E-state index contributed by atoms with van der Waals surface area (Å²) in [5, 5.41) is 7.64. The van der Waals surface area contributed by atoms with Gasteiger partial charge in [-0.1, -0.05) is 12.8 Å². The monoisotopic (exact) mass is 570 g/mol. The van der Waals surface area contributed by atoms with E-state index in [-0.39, 0.29) is 22.3 Å². The molecule has 0 spiro atoms. The van der Waals surface area contributed by atoms with Gasteiger partial charge in [0.15, 0.2) is 0 Å². The molecule has 40 heavy (non-hydrogen) atoms. The number of hydrogen-bond donors (Lipinski definition) is 2. The average Bonchev–Trinajstić information content (AvgIpc) is 2.80. The Kier molecular flexibility index (Phi) is 17.4. The lowest BCUT2D eigenvalue weighted by Crippen LogP contribution is -2.53. The van der Waals surface area contributed by atoms with Crippen molar-refractivity contribution in [2.75, 3.05) is 52.6 Å². The van der Waals surface area contributed by atoms with Gasteiger partial charge in [-0.15, -0.1) is 0 Å². The molecule has 2 unspecified atom stereocenters. The molecule has 1 aliphatic rings. The summed E-state index contributed by atoms with van der Waals surface area (Å²) in [6, 6.07) is 0.617. The van der Waals surface area contributed by atoms with Crippen LogP contribution >= 0.6 is 0 Å². The molecule has 0 aromatic carbocycles. The number of piperidine rings is 1. The Morgan fingerprint density at radius 2 is 1.23 bits per heavy atom. The summed E-state index contributed by atoms with van der Waals surface area (Å²) in [6.07, 6.45) is 10.8. The van der Waals surface area contributed by atoms with Crippen LogP contribution in [-0.2, 0) is 14.2 Å². The average molecular weight is 570 g/mol. The molecule has 0 radical (unpaired) electrons. The van der Waals surface area contributed by atoms with Gasteiger partial charge in [0.25, 0.3) is 0 Å². The molecule has 0 amide bonds. The molecule has 6 nitrogen and oxygen atoms in total. The van der Waals surface area contributed by atoms with E-state index in [1.807, 2.05) is 0 Å². The fourth-order valence-corrected chi connectivity index (χ4v) is 5.32. The van der Waals surface area contributed by atoms with E-state index in [9.17, 15) is 0 Å². The van der Waals surface area contributed by atoms with Gasteiger partial charge < -0.3 is 24.8 Å². The Balaban J connectivity index is 2.44. The van der Waals surface area contributed by atoms with Crippen molar-refractivity contribution in [3.63, 3.8) is 0 Å². The first-order chi connectivity index (χ1) is 18.5. The quantitative estimate of drug-likeness (QED) is 0.151. The maximum atomic E-state index is 6.10. The highest BCUT2D eigenvalue weighted by atomic mass is 16.5. The molecule has 6 heteroatoms. The van der Waals surface area contributed by atoms with E-state index in [1.54, 1.807) is 0 Å². The maximum Gasteiger partial charge on any atom is 0.0598 e. The zero-order valence-electron chi connectivity index (χ0n) is 28.8. The molecule has 1 saturated heterocycles. The van der Waals surface area contributed by atoms with Gasteiger partial charge in [0.05, 0.1) is 17.8 Å². The highest BCUT2D eigenvalue weighted by Crippen LogP contribution is 2.28. The number of rotatable bonds is 20. The van der Waals surface area contributed by atoms with Crippen molar-refractivity contribution >= 4 is 0 Å². The smallest absolute Gasteiger partial charge is 0.0598 e. The molecule has 2 atom stereocenters. The highest BCUT2D eigenvalue weighted by molar-refractivity contribution is 4.90. The van der Waals surface area contributed by atoms with Crippen LogP contribution in [0.15, 0.2) is 0 Å². The van der Waals surface area contributed by atoms with Crippen LogP contribution in [0, 0.1) is 5.92 Å². The topological polar surface area (TPSA) is 55.0 Å². The number of ether oxygens (including phenoxy) is 3. The summed E-state index contributed by atoms with van der Waals surface area (Å²) in [6.45, 7) is 32.1. The molecule has 1 fully saturated rings. The minimum absolute atomic E-state index is 0.0187. The zero-order chi connectivity index (χ0) is 30.3. The summed E-state index contributed by atoms with van der Waals surface area (Å²) < 4.78 is 17.8. The van der Waals surface area contributed by atoms with E-state index in [0.717, 1.165) is 65.3 Å². The first-order valence-electron chi connectivity index (χ1n) is 16.6. The van der Waals surface area contributed by atoms with E-state index in [1.165, 1.54) is 45.1 Å². The third kappa shape index (κ3) is 21.5.